The topological polar surface area (TPSA) is 0 Å². The van der Waals surface area contributed by atoms with Crippen molar-refractivity contribution in [3.63, 3.8) is 0 Å². The van der Waals surface area contributed by atoms with Gasteiger partial charge in [-0.1, -0.05) is 45.4 Å². The second-order valence-electron chi connectivity index (χ2n) is 4.52. The molecular formula is C12H23F. The molecule has 0 amide bonds. The minimum Gasteiger partial charge on any atom is -0.244 e. The maximum atomic E-state index is 13.5. The predicted molar refractivity (Wildman–Crippen MR) is 55.7 cm³/mol. The average molecular weight is 186 g/mol. The Morgan fingerprint density at radius 3 is 2.15 bits per heavy atom. The number of halogens is 1. The molecule has 1 aliphatic carbocycles. The van der Waals surface area contributed by atoms with E-state index in [-0.39, 0.29) is 0 Å². The van der Waals surface area contributed by atoms with Gasteiger partial charge in [-0.25, -0.2) is 4.39 Å². The van der Waals surface area contributed by atoms with Crippen molar-refractivity contribution in [1.29, 1.82) is 0 Å². The first-order chi connectivity index (χ1) is 6.27. The van der Waals surface area contributed by atoms with Gasteiger partial charge in [-0.3, -0.25) is 0 Å². The number of rotatable bonds is 7. The SMILES string of the molecule is CCCCCCCCC1(F)CCC1. The van der Waals surface area contributed by atoms with E-state index in [1.54, 1.807) is 0 Å². The average Bonchev–Trinajstić information content (AvgIpc) is 2.08. The fourth-order valence-electron chi connectivity index (χ4n) is 2.03. The van der Waals surface area contributed by atoms with Crippen LogP contribution in [0, 0.1) is 0 Å². The van der Waals surface area contributed by atoms with Gasteiger partial charge in [0, 0.05) is 0 Å². The lowest BCUT2D eigenvalue weighted by Crippen LogP contribution is -2.31. The number of hydrogen-bond donors (Lipinski definition) is 0. The van der Waals surface area contributed by atoms with Crippen LogP contribution < -0.4 is 0 Å². The van der Waals surface area contributed by atoms with Gasteiger partial charge in [-0.05, 0) is 25.7 Å². The lowest BCUT2D eigenvalue weighted by Gasteiger charge is -2.33. The summed E-state index contributed by atoms with van der Waals surface area (Å²) in [6.45, 7) is 2.23. The Morgan fingerprint density at radius 1 is 1.00 bits per heavy atom. The smallest absolute Gasteiger partial charge is 0.111 e. The summed E-state index contributed by atoms with van der Waals surface area (Å²) in [5, 5.41) is 0. The molecule has 0 N–H and O–H groups in total. The Labute approximate surface area is 81.9 Å². The summed E-state index contributed by atoms with van der Waals surface area (Å²) in [7, 11) is 0. The summed E-state index contributed by atoms with van der Waals surface area (Å²) in [6.07, 6.45) is 11.3. The second-order valence-corrected chi connectivity index (χ2v) is 4.52. The van der Waals surface area contributed by atoms with E-state index in [1.165, 1.54) is 32.1 Å². The molecule has 0 aromatic carbocycles. The molecule has 1 saturated carbocycles. The third-order valence-electron chi connectivity index (χ3n) is 3.23. The van der Waals surface area contributed by atoms with Gasteiger partial charge in [0.2, 0.25) is 0 Å². The van der Waals surface area contributed by atoms with Gasteiger partial charge in [0.1, 0.15) is 5.67 Å². The molecule has 0 nitrogen and oxygen atoms in total. The summed E-state index contributed by atoms with van der Waals surface area (Å²) in [6, 6.07) is 0. The van der Waals surface area contributed by atoms with Gasteiger partial charge in [0.15, 0.2) is 0 Å². The molecule has 0 saturated heterocycles. The molecule has 0 heterocycles. The van der Waals surface area contributed by atoms with Crippen LogP contribution in [0.15, 0.2) is 0 Å². The maximum absolute atomic E-state index is 13.5. The van der Waals surface area contributed by atoms with Crippen LogP contribution in [0.5, 0.6) is 0 Å². The van der Waals surface area contributed by atoms with E-state index in [9.17, 15) is 4.39 Å². The van der Waals surface area contributed by atoms with Crippen molar-refractivity contribution in [2.75, 3.05) is 0 Å². The molecule has 0 bridgehead atoms. The van der Waals surface area contributed by atoms with E-state index in [0.717, 1.165) is 32.1 Å². The molecule has 1 heteroatoms. The molecule has 0 radical (unpaired) electrons. The first kappa shape index (κ1) is 11.0. The third-order valence-corrected chi connectivity index (χ3v) is 3.23. The molecule has 13 heavy (non-hydrogen) atoms. The Hall–Kier alpha value is -0.0700. The van der Waals surface area contributed by atoms with E-state index >= 15 is 0 Å². The minimum atomic E-state index is -0.731. The highest BCUT2D eigenvalue weighted by Gasteiger charge is 2.35. The molecule has 0 unspecified atom stereocenters. The van der Waals surface area contributed by atoms with Crippen LogP contribution in [-0.2, 0) is 0 Å². The monoisotopic (exact) mass is 186 g/mol. The van der Waals surface area contributed by atoms with E-state index < -0.39 is 5.67 Å². The second kappa shape index (κ2) is 5.62. The molecule has 78 valence electrons. The van der Waals surface area contributed by atoms with Crippen molar-refractivity contribution in [2.24, 2.45) is 0 Å². The van der Waals surface area contributed by atoms with E-state index in [4.69, 9.17) is 0 Å². The van der Waals surface area contributed by atoms with Crippen molar-refractivity contribution in [2.45, 2.75) is 76.8 Å². The van der Waals surface area contributed by atoms with E-state index in [1.807, 2.05) is 0 Å². The summed E-state index contributed by atoms with van der Waals surface area (Å²) >= 11 is 0. The van der Waals surface area contributed by atoms with Gasteiger partial charge in [-0.2, -0.15) is 0 Å². The highest BCUT2D eigenvalue weighted by atomic mass is 19.1. The van der Waals surface area contributed by atoms with E-state index in [0.29, 0.717) is 0 Å². The molecule has 0 spiro atoms. The van der Waals surface area contributed by atoms with Crippen LogP contribution in [0.2, 0.25) is 0 Å². The third kappa shape index (κ3) is 4.10. The van der Waals surface area contributed by atoms with Crippen molar-refractivity contribution >= 4 is 0 Å². The number of unbranched alkanes of at least 4 members (excludes halogenated alkanes) is 5. The molecule has 0 atom stereocenters. The molecule has 1 rings (SSSR count). The normalized spacial score (nSPS) is 19.8. The van der Waals surface area contributed by atoms with Gasteiger partial charge in [0.05, 0.1) is 0 Å². The zero-order chi connectivity index (χ0) is 9.57. The lowest BCUT2D eigenvalue weighted by molar-refractivity contribution is 0.0509. The van der Waals surface area contributed by atoms with Gasteiger partial charge in [-0.15, -0.1) is 0 Å². The Kier molecular flexibility index (Phi) is 4.76. The van der Waals surface area contributed by atoms with Crippen LogP contribution in [0.1, 0.15) is 71.1 Å². The fraction of sp³-hybridized carbons (Fsp3) is 1.00. The molecule has 0 aromatic rings. The minimum absolute atomic E-state index is 0.731. The zero-order valence-electron chi connectivity index (χ0n) is 8.95. The van der Waals surface area contributed by atoms with Crippen molar-refractivity contribution in [1.82, 2.24) is 0 Å². The van der Waals surface area contributed by atoms with Crippen LogP contribution in [-0.4, -0.2) is 5.67 Å². The summed E-state index contributed by atoms with van der Waals surface area (Å²) in [5.41, 5.74) is -0.731. The Bertz CT molecular complexity index is 127. The number of alkyl halides is 1. The molecule has 0 aliphatic heterocycles. The van der Waals surface area contributed by atoms with Gasteiger partial charge in [0.25, 0.3) is 0 Å². The first-order valence-electron chi connectivity index (χ1n) is 5.96. The highest BCUT2D eigenvalue weighted by molar-refractivity contribution is 4.87. The van der Waals surface area contributed by atoms with E-state index in [2.05, 4.69) is 6.92 Å². The molecular weight excluding hydrogens is 163 g/mol. The van der Waals surface area contributed by atoms with Gasteiger partial charge < -0.3 is 0 Å². The zero-order valence-corrected chi connectivity index (χ0v) is 8.95. The summed E-state index contributed by atoms with van der Waals surface area (Å²) < 4.78 is 13.5. The van der Waals surface area contributed by atoms with Crippen molar-refractivity contribution in [3.8, 4) is 0 Å². The van der Waals surface area contributed by atoms with Crippen LogP contribution in [0.3, 0.4) is 0 Å². The standard InChI is InChI=1S/C12H23F/c1-2-3-4-5-6-7-9-12(13)10-8-11-12/h2-11H2,1H3. The maximum Gasteiger partial charge on any atom is 0.111 e. The fourth-order valence-corrected chi connectivity index (χ4v) is 2.03. The molecule has 1 aliphatic rings. The highest BCUT2D eigenvalue weighted by Crippen LogP contribution is 2.39. The van der Waals surface area contributed by atoms with Crippen LogP contribution in [0.25, 0.3) is 0 Å². The Balaban J connectivity index is 1.83. The molecule has 0 aromatic heterocycles. The number of hydrogen-bond acceptors (Lipinski definition) is 0. The quantitative estimate of drug-likeness (QED) is 0.508. The van der Waals surface area contributed by atoms with Crippen molar-refractivity contribution < 1.29 is 4.39 Å². The summed E-state index contributed by atoms with van der Waals surface area (Å²) in [5.74, 6) is 0. The largest absolute Gasteiger partial charge is 0.244 e. The lowest BCUT2D eigenvalue weighted by atomic mass is 9.78. The summed E-state index contributed by atoms with van der Waals surface area (Å²) in [4.78, 5) is 0. The van der Waals surface area contributed by atoms with Crippen molar-refractivity contribution in [3.05, 3.63) is 0 Å². The first-order valence-corrected chi connectivity index (χ1v) is 5.96. The van der Waals surface area contributed by atoms with Crippen LogP contribution in [0.4, 0.5) is 4.39 Å². The molecule has 1 fully saturated rings. The Morgan fingerprint density at radius 2 is 1.62 bits per heavy atom. The van der Waals surface area contributed by atoms with Gasteiger partial charge >= 0.3 is 0 Å². The predicted octanol–water partition coefficient (Wildman–Crippen LogP) is 4.63. The van der Waals surface area contributed by atoms with Crippen LogP contribution >= 0.6 is 0 Å².